The highest BCUT2D eigenvalue weighted by atomic mass is 16.6. The number of hydrogen-bond donors (Lipinski definition) is 2. The number of rotatable bonds is 2. The first kappa shape index (κ1) is 15.3. The van der Waals surface area contributed by atoms with Crippen LogP contribution in [0.1, 0.15) is 0 Å². The van der Waals surface area contributed by atoms with Crippen LogP contribution in [0.15, 0.2) is 30.3 Å². The van der Waals surface area contributed by atoms with Crippen LogP contribution in [0.3, 0.4) is 0 Å². The van der Waals surface area contributed by atoms with E-state index in [-0.39, 0.29) is 31.4 Å². The van der Waals surface area contributed by atoms with Gasteiger partial charge in [-0.3, -0.25) is 9.59 Å². The van der Waals surface area contributed by atoms with Crippen molar-refractivity contribution in [2.24, 2.45) is 0 Å². The summed E-state index contributed by atoms with van der Waals surface area (Å²) in [5.74, 6) is -0.279. The summed E-state index contributed by atoms with van der Waals surface area (Å²) in [6.07, 6.45) is -0.555. The molecule has 23 heavy (non-hydrogen) atoms. The summed E-state index contributed by atoms with van der Waals surface area (Å²) in [7, 11) is 0. The molecule has 1 aromatic carbocycles. The molecule has 0 aliphatic carbocycles. The molecule has 8 nitrogen and oxygen atoms in total. The summed E-state index contributed by atoms with van der Waals surface area (Å²) in [5.41, 5.74) is 0. The van der Waals surface area contributed by atoms with Crippen molar-refractivity contribution in [1.82, 2.24) is 15.1 Å². The minimum Gasteiger partial charge on any atom is -0.410 e. The monoisotopic (exact) mass is 319 g/mol. The maximum atomic E-state index is 12.2. The fourth-order valence-corrected chi connectivity index (χ4v) is 2.74. The average molecular weight is 319 g/mol. The summed E-state index contributed by atoms with van der Waals surface area (Å²) in [6.45, 7) is 0.144. The number of fused-ring (bicyclic) bond motifs is 1. The molecule has 2 saturated heterocycles. The molecular formula is C15H17N3O5. The zero-order chi connectivity index (χ0) is 16.4. The van der Waals surface area contributed by atoms with Crippen molar-refractivity contribution >= 4 is 17.9 Å². The van der Waals surface area contributed by atoms with E-state index in [1.807, 2.05) is 6.07 Å². The molecule has 0 radical (unpaired) electrons. The van der Waals surface area contributed by atoms with Crippen LogP contribution in [0.25, 0.3) is 0 Å². The lowest BCUT2D eigenvalue weighted by molar-refractivity contribution is -0.153. The molecule has 0 spiro atoms. The van der Waals surface area contributed by atoms with Crippen LogP contribution in [0.5, 0.6) is 5.75 Å². The Labute approximate surface area is 132 Å². The number of ether oxygens (including phenoxy) is 1. The van der Waals surface area contributed by atoms with Crippen LogP contribution in [0, 0.1) is 0 Å². The number of nitrogens with zero attached hydrogens (tertiary/aromatic N) is 2. The molecule has 0 bridgehead atoms. The van der Waals surface area contributed by atoms with Crippen LogP contribution in [0.2, 0.25) is 0 Å². The van der Waals surface area contributed by atoms with Gasteiger partial charge in [-0.05, 0) is 12.1 Å². The molecule has 1 aromatic rings. The number of benzene rings is 1. The second-order valence-electron chi connectivity index (χ2n) is 5.42. The van der Waals surface area contributed by atoms with Crippen molar-refractivity contribution in [2.75, 3.05) is 26.2 Å². The largest absolute Gasteiger partial charge is 0.415 e. The highest BCUT2D eigenvalue weighted by molar-refractivity contribution is 5.97. The molecule has 2 N–H and O–H groups in total. The molecule has 3 rings (SSSR count). The number of carbonyl (C=O) groups is 3. The lowest BCUT2D eigenvalue weighted by Gasteiger charge is -2.44. The quantitative estimate of drug-likeness (QED) is 0.743. The summed E-state index contributed by atoms with van der Waals surface area (Å²) in [4.78, 5) is 39.2. The zero-order valence-corrected chi connectivity index (χ0v) is 12.3. The van der Waals surface area contributed by atoms with E-state index in [0.717, 1.165) is 0 Å². The van der Waals surface area contributed by atoms with Gasteiger partial charge in [-0.25, -0.2) is 4.79 Å². The van der Waals surface area contributed by atoms with E-state index in [2.05, 4.69) is 5.32 Å². The van der Waals surface area contributed by atoms with Crippen molar-refractivity contribution in [1.29, 1.82) is 0 Å². The SMILES string of the molecule is O=C1N[C@H](CO)C(=O)N2CCN(C(=O)Oc3ccccc3)C[C@H]12. The van der Waals surface area contributed by atoms with Crippen LogP contribution < -0.4 is 10.1 Å². The van der Waals surface area contributed by atoms with Gasteiger partial charge in [-0.1, -0.05) is 18.2 Å². The van der Waals surface area contributed by atoms with E-state index < -0.39 is 24.8 Å². The predicted molar refractivity (Wildman–Crippen MR) is 78.6 cm³/mol. The number of amides is 3. The normalized spacial score (nSPS) is 24.0. The Morgan fingerprint density at radius 2 is 2.00 bits per heavy atom. The van der Waals surface area contributed by atoms with Crippen LogP contribution in [-0.4, -0.2) is 71.1 Å². The van der Waals surface area contributed by atoms with Crippen LogP contribution >= 0.6 is 0 Å². The molecule has 0 aromatic heterocycles. The molecule has 2 aliphatic rings. The molecular weight excluding hydrogens is 302 g/mol. The van der Waals surface area contributed by atoms with Gasteiger partial charge in [0.05, 0.1) is 13.2 Å². The second-order valence-corrected chi connectivity index (χ2v) is 5.42. The lowest BCUT2D eigenvalue weighted by Crippen LogP contribution is -2.70. The van der Waals surface area contributed by atoms with Gasteiger partial charge in [0, 0.05) is 13.1 Å². The van der Waals surface area contributed by atoms with E-state index >= 15 is 0 Å². The molecule has 2 atom stereocenters. The van der Waals surface area contributed by atoms with Gasteiger partial charge < -0.3 is 25.0 Å². The van der Waals surface area contributed by atoms with Gasteiger partial charge in [-0.15, -0.1) is 0 Å². The fraction of sp³-hybridized carbons (Fsp3) is 0.400. The lowest BCUT2D eigenvalue weighted by atomic mass is 10.0. The molecule has 122 valence electrons. The smallest absolute Gasteiger partial charge is 0.410 e. The van der Waals surface area contributed by atoms with Crippen molar-refractivity contribution in [3.8, 4) is 5.75 Å². The Bertz CT molecular complexity index is 621. The first-order valence-corrected chi connectivity index (χ1v) is 7.33. The Balaban J connectivity index is 1.67. The Morgan fingerprint density at radius 3 is 2.70 bits per heavy atom. The first-order valence-electron chi connectivity index (χ1n) is 7.33. The van der Waals surface area contributed by atoms with Crippen molar-refractivity contribution in [3.05, 3.63) is 30.3 Å². The van der Waals surface area contributed by atoms with Gasteiger partial charge >= 0.3 is 6.09 Å². The fourth-order valence-electron chi connectivity index (χ4n) is 2.74. The van der Waals surface area contributed by atoms with Crippen LogP contribution in [0.4, 0.5) is 4.79 Å². The average Bonchev–Trinajstić information content (AvgIpc) is 2.58. The van der Waals surface area contributed by atoms with E-state index in [4.69, 9.17) is 9.84 Å². The molecule has 8 heteroatoms. The number of hydrogen-bond acceptors (Lipinski definition) is 5. The number of aliphatic hydroxyl groups excluding tert-OH is 1. The standard InChI is InChI=1S/C15H17N3O5/c19-9-11-14(21)18-7-6-17(8-12(18)13(20)16-11)15(22)23-10-4-2-1-3-5-10/h1-5,11-12,19H,6-9H2,(H,16,20)/t11-,12-/m1/s1. The third-order valence-corrected chi connectivity index (χ3v) is 3.97. The second kappa shape index (κ2) is 6.25. The minimum atomic E-state index is -0.901. The van der Waals surface area contributed by atoms with E-state index in [1.54, 1.807) is 24.3 Å². The molecule has 2 heterocycles. The summed E-state index contributed by atoms with van der Waals surface area (Å²) in [6, 6.07) is 6.99. The molecule has 0 saturated carbocycles. The number of carbonyl (C=O) groups excluding carboxylic acids is 3. The Hall–Kier alpha value is -2.61. The molecule has 3 amide bonds. The number of piperazine rings is 2. The molecule has 2 fully saturated rings. The Kier molecular flexibility index (Phi) is 4.16. The van der Waals surface area contributed by atoms with Gasteiger partial charge in [0.25, 0.3) is 0 Å². The molecule has 0 unspecified atom stereocenters. The molecule has 2 aliphatic heterocycles. The van der Waals surface area contributed by atoms with E-state index in [1.165, 1.54) is 9.80 Å². The third-order valence-electron chi connectivity index (χ3n) is 3.97. The topological polar surface area (TPSA) is 99.2 Å². The number of aliphatic hydroxyl groups is 1. The minimum absolute atomic E-state index is 0.0708. The maximum Gasteiger partial charge on any atom is 0.415 e. The van der Waals surface area contributed by atoms with Gasteiger partial charge in [0.2, 0.25) is 11.8 Å². The Morgan fingerprint density at radius 1 is 1.26 bits per heavy atom. The van der Waals surface area contributed by atoms with Gasteiger partial charge in [-0.2, -0.15) is 0 Å². The highest BCUT2D eigenvalue weighted by Crippen LogP contribution is 2.18. The zero-order valence-electron chi connectivity index (χ0n) is 12.3. The van der Waals surface area contributed by atoms with Crippen molar-refractivity contribution in [3.63, 3.8) is 0 Å². The summed E-state index contributed by atoms with van der Waals surface area (Å²) < 4.78 is 5.25. The van der Waals surface area contributed by atoms with Gasteiger partial charge in [0.15, 0.2) is 0 Å². The van der Waals surface area contributed by atoms with Crippen LogP contribution in [-0.2, 0) is 9.59 Å². The summed E-state index contributed by atoms with van der Waals surface area (Å²) >= 11 is 0. The van der Waals surface area contributed by atoms with Crippen molar-refractivity contribution in [2.45, 2.75) is 12.1 Å². The van der Waals surface area contributed by atoms with E-state index in [9.17, 15) is 14.4 Å². The number of para-hydroxylation sites is 1. The van der Waals surface area contributed by atoms with E-state index in [0.29, 0.717) is 5.75 Å². The summed E-state index contributed by atoms with van der Waals surface area (Å²) in [5, 5.41) is 11.6. The number of nitrogens with one attached hydrogen (secondary N) is 1. The predicted octanol–water partition coefficient (Wildman–Crippen LogP) is -0.811. The third kappa shape index (κ3) is 2.98. The first-order chi connectivity index (χ1) is 11.1. The van der Waals surface area contributed by atoms with Crippen molar-refractivity contribution < 1.29 is 24.2 Å². The highest BCUT2D eigenvalue weighted by Gasteiger charge is 2.44. The van der Waals surface area contributed by atoms with Gasteiger partial charge in [0.1, 0.15) is 17.8 Å². The maximum absolute atomic E-state index is 12.2.